The molecular weight excluding hydrogens is 308 g/mol. The molecule has 0 heterocycles. The van der Waals surface area contributed by atoms with Crippen molar-refractivity contribution < 1.29 is 9.53 Å². The van der Waals surface area contributed by atoms with E-state index in [-0.39, 0.29) is 12.1 Å². The number of esters is 1. The van der Waals surface area contributed by atoms with Gasteiger partial charge in [-0.05, 0) is 31.8 Å². The molecule has 0 aromatic heterocycles. The summed E-state index contributed by atoms with van der Waals surface area (Å²) in [4.78, 5) is 11.3. The average Bonchev–Trinajstić information content (AvgIpc) is 2.62. The Morgan fingerprint density at radius 2 is 1.68 bits per heavy atom. The molecule has 0 spiro atoms. The number of ether oxygens (including phenoxy) is 1. The second kappa shape index (κ2) is 15.1. The monoisotopic (exact) mass is 346 g/mol. The van der Waals surface area contributed by atoms with Gasteiger partial charge in [0.25, 0.3) is 0 Å². The fourth-order valence-corrected chi connectivity index (χ4v) is 3.53. The van der Waals surface area contributed by atoms with Crippen molar-refractivity contribution in [2.45, 2.75) is 110 Å². The first-order valence-electron chi connectivity index (χ1n) is 10.6. The minimum atomic E-state index is -0.217. The van der Waals surface area contributed by atoms with E-state index in [1.807, 2.05) is 6.08 Å². The Labute approximate surface area is 155 Å². The van der Waals surface area contributed by atoms with E-state index in [1.165, 1.54) is 77.6 Å². The summed E-state index contributed by atoms with van der Waals surface area (Å²) >= 11 is 0. The van der Waals surface area contributed by atoms with Gasteiger partial charge in [0.2, 0.25) is 0 Å². The zero-order chi connectivity index (χ0) is 18.2. The number of hydrogen-bond donors (Lipinski definition) is 0. The zero-order valence-electron chi connectivity index (χ0n) is 16.5. The van der Waals surface area contributed by atoms with Crippen LogP contribution in [-0.2, 0) is 9.53 Å². The number of allylic oxidation sites excluding steroid dienone is 2. The SMILES string of the molecule is CCCCCCCCCC/C=C/C#C[C@@H](OC(C)=O)C1CCCCC1. The van der Waals surface area contributed by atoms with Crippen molar-refractivity contribution in [2.24, 2.45) is 5.92 Å². The molecule has 0 aliphatic heterocycles. The van der Waals surface area contributed by atoms with E-state index in [2.05, 4.69) is 24.8 Å². The van der Waals surface area contributed by atoms with Crippen LogP contribution in [0.15, 0.2) is 12.2 Å². The molecule has 2 nitrogen and oxygen atoms in total. The van der Waals surface area contributed by atoms with Gasteiger partial charge < -0.3 is 4.74 Å². The Kier molecular flexibility index (Phi) is 13.1. The van der Waals surface area contributed by atoms with Crippen molar-refractivity contribution in [3.05, 3.63) is 12.2 Å². The molecule has 1 aliphatic carbocycles. The van der Waals surface area contributed by atoms with E-state index in [4.69, 9.17) is 4.74 Å². The number of hydrogen-bond acceptors (Lipinski definition) is 2. The second-order valence-electron chi connectivity index (χ2n) is 7.38. The van der Waals surface area contributed by atoms with Crippen LogP contribution in [0.1, 0.15) is 104 Å². The summed E-state index contributed by atoms with van der Waals surface area (Å²) in [5, 5.41) is 0. The van der Waals surface area contributed by atoms with Gasteiger partial charge in [-0.25, -0.2) is 0 Å². The number of carbonyl (C=O) groups excluding carboxylic acids is 1. The number of unbranched alkanes of at least 4 members (excludes halogenated alkanes) is 8. The summed E-state index contributed by atoms with van der Waals surface area (Å²) in [6.45, 7) is 3.74. The van der Waals surface area contributed by atoms with E-state index < -0.39 is 0 Å². The molecule has 0 radical (unpaired) electrons. The molecule has 0 bridgehead atoms. The smallest absolute Gasteiger partial charge is 0.303 e. The molecule has 0 saturated heterocycles. The molecule has 0 amide bonds. The number of rotatable bonds is 11. The zero-order valence-corrected chi connectivity index (χ0v) is 16.5. The van der Waals surface area contributed by atoms with Gasteiger partial charge in [0.1, 0.15) is 0 Å². The van der Waals surface area contributed by atoms with Gasteiger partial charge in [-0.1, -0.05) is 89.0 Å². The van der Waals surface area contributed by atoms with Crippen molar-refractivity contribution in [2.75, 3.05) is 0 Å². The third kappa shape index (κ3) is 11.9. The maximum Gasteiger partial charge on any atom is 0.303 e. The largest absolute Gasteiger partial charge is 0.449 e. The van der Waals surface area contributed by atoms with Gasteiger partial charge in [-0.3, -0.25) is 4.79 Å². The van der Waals surface area contributed by atoms with E-state index in [0.29, 0.717) is 5.92 Å². The standard InChI is InChI=1S/C23H38O2/c1-3-4-5-6-7-8-9-10-11-12-13-17-20-23(25-21(2)24)22-18-15-14-16-19-22/h12-13,22-23H,3-11,14-16,18-19H2,1-2H3/b13-12+/t23-/m1/s1. The molecule has 1 atom stereocenters. The fourth-order valence-electron chi connectivity index (χ4n) is 3.53. The van der Waals surface area contributed by atoms with Crippen LogP contribution in [0.25, 0.3) is 0 Å². The topological polar surface area (TPSA) is 26.3 Å². The highest BCUT2D eigenvalue weighted by atomic mass is 16.5. The first-order valence-corrected chi connectivity index (χ1v) is 10.6. The van der Waals surface area contributed by atoms with Crippen molar-refractivity contribution >= 4 is 5.97 Å². The van der Waals surface area contributed by atoms with Crippen LogP contribution >= 0.6 is 0 Å². The molecule has 142 valence electrons. The molecule has 1 aliphatic rings. The molecule has 1 fully saturated rings. The molecular formula is C23H38O2. The number of carbonyl (C=O) groups is 1. The normalized spacial score (nSPS) is 16.4. The fraction of sp³-hybridized carbons (Fsp3) is 0.783. The molecule has 0 aromatic carbocycles. The van der Waals surface area contributed by atoms with E-state index in [1.54, 1.807) is 0 Å². The van der Waals surface area contributed by atoms with Crippen LogP contribution in [-0.4, -0.2) is 12.1 Å². The van der Waals surface area contributed by atoms with Crippen molar-refractivity contribution in [3.63, 3.8) is 0 Å². The van der Waals surface area contributed by atoms with Crippen LogP contribution in [0.4, 0.5) is 0 Å². The van der Waals surface area contributed by atoms with Gasteiger partial charge in [0.15, 0.2) is 6.10 Å². The summed E-state index contributed by atoms with van der Waals surface area (Å²) in [5.74, 6) is 6.48. The maximum atomic E-state index is 11.3. The third-order valence-corrected chi connectivity index (χ3v) is 5.02. The van der Waals surface area contributed by atoms with Crippen LogP contribution in [0.3, 0.4) is 0 Å². The lowest BCUT2D eigenvalue weighted by atomic mass is 9.85. The van der Waals surface area contributed by atoms with E-state index in [9.17, 15) is 4.79 Å². The van der Waals surface area contributed by atoms with Crippen molar-refractivity contribution in [1.82, 2.24) is 0 Å². The minimum Gasteiger partial charge on any atom is -0.449 e. The Balaban J connectivity index is 2.18. The first-order chi connectivity index (χ1) is 12.2. The van der Waals surface area contributed by atoms with Gasteiger partial charge in [-0.15, -0.1) is 0 Å². The molecule has 2 heteroatoms. The molecule has 1 saturated carbocycles. The molecule has 0 N–H and O–H groups in total. The van der Waals surface area contributed by atoms with E-state index in [0.717, 1.165) is 19.3 Å². The van der Waals surface area contributed by atoms with E-state index >= 15 is 0 Å². The lowest BCUT2D eigenvalue weighted by Gasteiger charge is -2.26. The molecule has 0 aromatic rings. The quantitative estimate of drug-likeness (QED) is 0.240. The predicted octanol–water partition coefficient (Wildman–Crippen LogP) is 6.59. The predicted molar refractivity (Wildman–Crippen MR) is 106 cm³/mol. The summed E-state index contributed by atoms with van der Waals surface area (Å²) in [6.07, 6.45) is 21.9. The van der Waals surface area contributed by atoms with Gasteiger partial charge >= 0.3 is 5.97 Å². The summed E-state index contributed by atoms with van der Waals surface area (Å²) in [6, 6.07) is 0. The Morgan fingerprint density at radius 1 is 1.04 bits per heavy atom. The maximum absolute atomic E-state index is 11.3. The van der Waals surface area contributed by atoms with Crippen LogP contribution in [0.5, 0.6) is 0 Å². The summed E-state index contributed by atoms with van der Waals surface area (Å²) in [7, 11) is 0. The van der Waals surface area contributed by atoms with Crippen LogP contribution < -0.4 is 0 Å². The van der Waals surface area contributed by atoms with Crippen molar-refractivity contribution in [1.29, 1.82) is 0 Å². The second-order valence-corrected chi connectivity index (χ2v) is 7.38. The Morgan fingerprint density at radius 3 is 2.32 bits per heavy atom. The average molecular weight is 347 g/mol. The third-order valence-electron chi connectivity index (χ3n) is 5.02. The Hall–Kier alpha value is -1.23. The van der Waals surface area contributed by atoms with Crippen molar-refractivity contribution in [3.8, 4) is 11.8 Å². The molecule has 0 unspecified atom stereocenters. The highest BCUT2D eigenvalue weighted by Crippen LogP contribution is 2.27. The minimum absolute atomic E-state index is 0.215. The molecule has 1 rings (SSSR count). The van der Waals surface area contributed by atoms with Crippen LogP contribution in [0, 0.1) is 17.8 Å². The summed E-state index contributed by atoms with van der Waals surface area (Å²) in [5.41, 5.74) is 0. The van der Waals surface area contributed by atoms with Gasteiger partial charge in [-0.2, -0.15) is 0 Å². The molecule has 25 heavy (non-hydrogen) atoms. The lowest BCUT2D eigenvalue weighted by Crippen LogP contribution is -2.26. The van der Waals surface area contributed by atoms with Gasteiger partial charge in [0, 0.05) is 12.8 Å². The van der Waals surface area contributed by atoms with Crippen LogP contribution in [0.2, 0.25) is 0 Å². The van der Waals surface area contributed by atoms with Gasteiger partial charge in [0.05, 0.1) is 0 Å². The summed E-state index contributed by atoms with van der Waals surface area (Å²) < 4.78 is 5.44. The Bertz CT molecular complexity index is 421. The first kappa shape index (κ1) is 21.8. The highest BCUT2D eigenvalue weighted by molar-refractivity contribution is 5.66. The highest BCUT2D eigenvalue weighted by Gasteiger charge is 2.24. The lowest BCUT2D eigenvalue weighted by molar-refractivity contribution is -0.146.